The third kappa shape index (κ3) is 6.20. The zero-order chi connectivity index (χ0) is 24.6. The molecule has 10 heteroatoms. The number of hydrazone groups is 1. The van der Waals surface area contributed by atoms with Gasteiger partial charge in [0.25, 0.3) is 5.91 Å². The summed E-state index contributed by atoms with van der Waals surface area (Å²) >= 11 is 7.34. The molecule has 35 heavy (non-hydrogen) atoms. The van der Waals surface area contributed by atoms with Crippen LogP contribution in [0.4, 0.5) is 0 Å². The number of amides is 1. The van der Waals surface area contributed by atoms with Gasteiger partial charge < -0.3 is 9.47 Å². The summed E-state index contributed by atoms with van der Waals surface area (Å²) in [4.78, 5) is 12.4. The lowest BCUT2D eigenvalue weighted by Crippen LogP contribution is -2.20. The van der Waals surface area contributed by atoms with Crippen LogP contribution in [-0.4, -0.2) is 46.9 Å². The van der Waals surface area contributed by atoms with E-state index in [1.807, 2.05) is 65.2 Å². The Morgan fingerprint density at radius 3 is 2.23 bits per heavy atom. The maximum absolute atomic E-state index is 12.4. The topological polar surface area (TPSA) is 90.6 Å². The molecule has 1 N–H and O–H groups in total. The van der Waals surface area contributed by atoms with E-state index in [-0.39, 0.29) is 11.7 Å². The van der Waals surface area contributed by atoms with Crippen LogP contribution in [0.5, 0.6) is 11.5 Å². The molecule has 0 aliphatic heterocycles. The molecular weight excluding hydrogens is 486 g/mol. The number of benzene rings is 3. The summed E-state index contributed by atoms with van der Waals surface area (Å²) in [6, 6.07) is 22.2. The van der Waals surface area contributed by atoms with Gasteiger partial charge in [0, 0.05) is 16.3 Å². The van der Waals surface area contributed by atoms with Gasteiger partial charge in [0.05, 0.1) is 26.2 Å². The SMILES string of the molecule is COc1ccc(/C=N\NC(=O)CSc2nnc(-c3ccc(OC)cc3)n2-c2ccc(Cl)cc2)cc1. The molecular formula is C25H22ClN5O3S. The second-order valence-electron chi connectivity index (χ2n) is 7.20. The molecule has 0 atom stereocenters. The Morgan fingerprint density at radius 2 is 1.60 bits per heavy atom. The molecule has 0 saturated heterocycles. The number of nitrogens with zero attached hydrogens (tertiary/aromatic N) is 4. The minimum Gasteiger partial charge on any atom is -0.497 e. The van der Waals surface area contributed by atoms with Gasteiger partial charge in [-0.15, -0.1) is 10.2 Å². The Hall–Kier alpha value is -3.82. The molecule has 4 aromatic rings. The molecule has 0 fully saturated rings. The van der Waals surface area contributed by atoms with E-state index in [1.165, 1.54) is 11.8 Å². The van der Waals surface area contributed by atoms with Gasteiger partial charge >= 0.3 is 0 Å². The van der Waals surface area contributed by atoms with Crippen molar-refractivity contribution in [2.75, 3.05) is 20.0 Å². The van der Waals surface area contributed by atoms with Crippen LogP contribution < -0.4 is 14.9 Å². The van der Waals surface area contributed by atoms with E-state index in [1.54, 1.807) is 32.6 Å². The van der Waals surface area contributed by atoms with Gasteiger partial charge in [-0.05, 0) is 78.4 Å². The van der Waals surface area contributed by atoms with Crippen LogP contribution in [0.2, 0.25) is 5.02 Å². The van der Waals surface area contributed by atoms with Crippen LogP contribution >= 0.6 is 23.4 Å². The van der Waals surface area contributed by atoms with Gasteiger partial charge in [-0.1, -0.05) is 23.4 Å². The molecule has 0 aliphatic carbocycles. The molecule has 4 rings (SSSR count). The number of aromatic nitrogens is 3. The third-order valence-electron chi connectivity index (χ3n) is 4.92. The maximum atomic E-state index is 12.4. The molecule has 1 heterocycles. The third-order valence-corrected chi connectivity index (χ3v) is 6.10. The summed E-state index contributed by atoms with van der Waals surface area (Å²) in [7, 11) is 3.22. The van der Waals surface area contributed by atoms with Crippen molar-refractivity contribution in [1.82, 2.24) is 20.2 Å². The summed E-state index contributed by atoms with van der Waals surface area (Å²) in [6.45, 7) is 0. The Labute approximate surface area is 211 Å². The van der Waals surface area contributed by atoms with Crippen molar-refractivity contribution in [3.63, 3.8) is 0 Å². The number of halogens is 1. The van der Waals surface area contributed by atoms with Crippen LogP contribution in [0.15, 0.2) is 83.1 Å². The molecule has 0 bridgehead atoms. The van der Waals surface area contributed by atoms with E-state index in [0.717, 1.165) is 28.3 Å². The van der Waals surface area contributed by atoms with Gasteiger partial charge in [0.15, 0.2) is 11.0 Å². The molecule has 0 unspecified atom stereocenters. The fourth-order valence-corrected chi connectivity index (χ4v) is 4.01. The highest BCUT2D eigenvalue weighted by molar-refractivity contribution is 7.99. The molecule has 0 saturated carbocycles. The zero-order valence-corrected chi connectivity index (χ0v) is 20.6. The van der Waals surface area contributed by atoms with E-state index in [2.05, 4.69) is 20.7 Å². The van der Waals surface area contributed by atoms with E-state index in [9.17, 15) is 4.79 Å². The second-order valence-corrected chi connectivity index (χ2v) is 8.58. The van der Waals surface area contributed by atoms with E-state index in [4.69, 9.17) is 21.1 Å². The number of carbonyl (C=O) groups is 1. The molecule has 178 valence electrons. The van der Waals surface area contributed by atoms with Gasteiger partial charge in [-0.2, -0.15) is 5.10 Å². The van der Waals surface area contributed by atoms with E-state index in [0.29, 0.717) is 16.0 Å². The number of carbonyl (C=O) groups excluding carboxylic acids is 1. The Kier molecular flexibility index (Phi) is 8.02. The predicted octanol–water partition coefficient (Wildman–Crippen LogP) is 4.85. The van der Waals surface area contributed by atoms with Crippen molar-refractivity contribution in [3.8, 4) is 28.6 Å². The zero-order valence-electron chi connectivity index (χ0n) is 19.0. The predicted molar refractivity (Wildman–Crippen MR) is 138 cm³/mol. The van der Waals surface area contributed by atoms with Gasteiger partial charge in [-0.25, -0.2) is 5.43 Å². The van der Waals surface area contributed by atoms with Crippen molar-refractivity contribution in [3.05, 3.63) is 83.4 Å². The van der Waals surface area contributed by atoms with Crippen molar-refractivity contribution in [2.45, 2.75) is 5.16 Å². The molecule has 3 aromatic carbocycles. The van der Waals surface area contributed by atoms with Gasteiger partial charge in [0.2, 0.25) is 0 Å². The van der Waals surface area contributed by atoms with Crippen LogP contribution in [0.1, 0.15) is 5.56 Å². The monoisotopic (exact) mass is 507 g/mol. The van der Waals surface area contributed by atoms with Crippen LogP contribution in [0.3, 0.4) is 0 Å². The highest BCUT2D eigenvalue weighted by Crippen LogP contribution is 2.29. The standard InChI is InChI=1S/C25H22ClN5O3S/c1-33-21-11-3-17(4-12-21)15-27-28-23(32)16-35-25-30-29-24(18-5-13-22(34-2)14-6-18)31(25)20-9-7-19(26)8-10-20/h3-15H,16H2,1-2H3,(H,28,32)/b27-15-. The Morgan fingerprint density at radius 1 is 0.971 bits per heavy atom. The number of methoxy groups -OCH3 is 2. The smallest absolute Gasteiger partial charge is 0.250 e. The van der Waals surface area contributed by atoms with E-state index >= 15 is 0 Å². The molecule has 1 aromatic heterocycles. The summed E-state index contributed by atoms with van der Waals surface area (Å²) in [5, 5.41) is 13.9. The fraction of sp³-hybridized carbons (Fsp3) is 0.120. The first kappa shape index (κ1) is 24.3. The first-order valence-corrected chi connectivity index (χ1v) is 11.9. The van der Waals surface area contributed by atoms with Crippen molar-refractivity contribution >= 4 is 35.5 Å². The van der Waals surface area contributed by atoms with Crippen LogP contribution in [0.25, 0.3) is 17.1 Å². The number of nitrogens with one attached hydrogen (secondary N) is 1. The summed E-state index contributed by atoms with van der Waals surface area (Å²) in [6.07, 6.45) is 1.57. The molecule has 0 aliphatic rings. The summed E-state index contributed by atoms with van der Waals surface area (Å²) in [5.74, 6) is 1.97. The second kappa shape index (κ2) is 11.5. The van der Waals surface area contributed by atoms with Crippen molar-refractivity contribution in [1.29, 1.82) is 0 Å². The van der Waals surface area contributed by atoms with Gasteiger partial charge in [-0.3, -0.25) is 9.36 Å². The molecule has 0 spiro atoms. The summed E-state index contributed by atoms with van der Waals surface area (Å²) < 4.78 is 12.3. The fourth-order valence-electron chi connectivity index (χ4n) is 3.14. The quantitative estimate of drug-likeness (QED) is 0.198. The molecule has 0 radical (unpaired) electrons. The Bertz CT molecular complexity index is 1310. The van der Waals surface area contributed by atoms with E-state index < -0.39 is 0 Å². The lowest BCUT2D eigenvalue weighted by Gasteiger charge is -2.11. The Balaban J connectivity index is 1.49. The lowest BCUT2D eigenvalue weighted by atomic mass is 10.2. The van der Waals surface area contributed by atoms with Crippen LogP contribution in [-0.2, 0) is 4.79 Å². The number of hydrogen-bond donors (Lipinski definition) is 1. The summed E-state index contributed by atoms with van der Waals surface area (Å²) in [5.41, 5.74) is 5.06. The first-order valence-electron chi connectivity index (χ1n) is 10.5. The normalized spacial score (nSPS) is 10.9. The van der Waals surface area contributed by atoms with Crippen molar-refractivity contribution in [2.24, 2.45) is 5.10 Å². The average Bonchev–Trinajstić information content (AvgIpc) is 3.32. The lowest BCUT2D eigenvalue weighted by molar-refractivity contribution is -0.118. The molecule has 1 amide bonds. The minimum absolute atomic E-state index is 0.105. The largest absolute Gasteiger partial charge is 0.497 e. The van der Waals surface area contributed by atoms with Crippen molar-refractivity contribution < 1.29 is 14.3 Å². The highest BCUT2D eigenvalue weighted by atomic mass is 35.5. The van der Waals surface area contributed by atoms with Gasteiger partial charge in [0.1, 0.15) is 11.5 Å². The molecule has 8 nitrogen and oxygen atoms in total. The number of rotatable bonds is 9. The number of ether oxygens (including phenoxy) is 2. The minimum atomic E-state index is -0.267. The first-order chi connectivity index (χ1) is 17.1. The number of thioether (sulfide) groups is 1. The maximum Gasteiger partial charge on any atom is 0.250 e. The average molecular weight is 508 g/mol. The van der Waals surface area contributed by atoms with Crippen LogP contribution in [0, 0.1) is 0 Å². The number of hydrogen-bond acceptors (Lipinski definition) is 7. The highest BCUT2D eigenvalue weighted by Gasteiger charge is 2.17.